The number of carbonyl (C=O) groups excluding carboxylic acids is 2. The first-order valence-corrected chi connectivity index (χ1v) is 17.5. The van der Waals surface area contributed by atoms with E-state index in [1.54, 1.807) is 35.2 Å². The monoisotopic (exact) mass is 687 g/mol. The summed E-state index contributed by atoms with van der Waals surface area (Å²) in [7, 11) is -4.12. The minimum Gasteiger partial charge on any atom is -0.352 e. The Bertz CT molecular complexity index is 1680. The molecule has 0 heterocycles. The van der Waals surface area contributed by atoms with Crippen LogP contribution in [0, 0.1) is 6.92 Å². The van der Waals surface area contributed by atoms with Crippen LogP contribution in [0.3, 0.4) is 0 Å². The van der Waals surface area contributed by atoms with Crippen LogP contribution in [0.15, 0.2) is 119 Å². The Hall–Kier alpha value is -3.95. The number of aryl methyl sites for hydroxylation is 1. The molecule has 1 aliphatic rings. The minimum absolute atomic E-state index is 0.0583. The lowest BCUT2D eigenvalue weighted by molar-refractivity contribution is -0.140. The normalized spacial score (nSPS) is 14.1. The summed E-state index contributed by atoms with van der Waals surface area (Å²) in [4.78, 5) is 30.2. The van der Waals surface area contributed by atoms with Gasteiger partial charge in [-0.1, -0.05) is 107 Å². The fraction of sp³-hybridized carbons (Fsp3) is 0.278. The Morgan fingerprint density at radius 3 is 2.04 bits per heavy atom. The lowest BCUT2D eigenvalue weighted by atomic mass is 10.0. The number of nitrogens with one attached hydrogen (secondary N) is 1. The van der Waals surface area contributed by atoms with E-state index in [-0.39, 0.29) is 29.8 Å². The van der Waals surface area contributed by atoms with Gasteiger partial charge in [0, 0.05) is 23.5 Å². The molecule has 0 radical (unpaired) electrons. The molecule has 1 unspecified atom stereocenters. The number of rotatable bonds is 12. The van der Waals surface area contributed by atoms with Gasteiger partial charge in [-0.25, -0.2) is 8.42 Å². The molecule has 0 bridgehead atoms. The molecule has 234 valence electrons. The highest BCUT2D eigenvalue weighted by Crippen LogP contribution is 2.26. The van der Waals surface area contributed by atoms with Crippen LogP contribution in [-0.4, -0.2) is 43.8 Å². The number of halogens is 1. The Morgan fingerprint density at radius 1 is 0.822 bits per heavy atom. The average molecular weight is 689 g/mol. The molecule has 1 N–H and O–H groups in total. The molecule has 7 nitrogen and oxygen atoms in total. The van der Waals surface area contributed by atoms with Crippen LogP contribution in [0.1, 0.15) is 42.4 Å². The molecule has 4 aromatic rings. The SMILES string of the molecule is Cc1ccc(N(CC(=O)N(Cc2ccc(Br)cc2)C(Cc2ccccc2)C(=O)NC2CCCC2)S(=O)(=O)c2ccccc2)cc1. The molecule has 0 aliphatic heterocycles. The summed E-state index contributed by atoms with van der Waals surface area (Å²) in [5.74, 6) is -0.704. The summed E-state index contributed by atoms with van der Waals surface area (Å²) in [6.45, 7) is 1.58. The van der Waals surface area contributed by atoms with Gasteiger partial charge in [0.05, 0.1) is 10.6 Å². The first kappa shape index (κ1) is 32.4. The van der Waals surface area contributed by atoms with Gasteiger partial charge in [-0.3, -0.25) is 13.9 Å². The van der Waals surface area contributed by atoms with Crippen molar-refractivity contribution in [2.45, 2.75) is 62.6 Å². The molecule has 1 aliphatic carbocycles. The van der Waals surface area contributed by atoms with Gasteiger partial charge in [0.25, 0.3) is 10.0 Å². The van der Waals surface area contributed by atoms with Crippen molar-refractivity contribution in [1.29, 1.82) is 0 Å². The molecule has 5 rings (SSSR count). The molecular formula is C36H38BrN3O4S. The van der Waals surface area contributed by atoms with Crippen LogP contribution in [-0.2, 0) is 32.6 Å². The Morgan fingerprint density at radius 2 is 1.42 bits per heavy atom. The largest absolute Gasteiger partial charge is 0.352 e. The van der Waals surface area contributed by atoms with Crippen LogP contribution in [0.4, 0.5) is 5.69 Å². The van der Waals surface area contributed by atoms with Crippen molar-refractivity contribution in [2.75, 3.05) is 10.8 Å². The van der Waals surface area contributed by atoms with E-state index in [4.69, 9.17) is 0 Å². The van der Waals surface area contributed by atoms with E-state index >= 15 is 0 Å². The highest BCUT2D eigenvalue weighted by atomic mass is 79.9. The van der Waals surface area contributed by atoms with Crippen LogP contribution < -0.4 is 9.62 Å². The van der Waals surface area contributed by atoms with Gasteiger partial charge in [0.1, 0.15) is 12.6 Å². The summed E-state index contributed by atoms with van der Waals surface area (Å²) < 4.78 is 30.2. The second-order valence-corrected chi connectivity index (χ2v) is 14.3. The zero-order valence-electron chi connectivity index (χ0n) is 25.3. The van der Waals surface area contributed by atoms with Crippen molar-refractivity contribution >= 4 is 43.5 Å². The zero-order chi connectivity index (χ0) is 31.8. The molecule has 2 amide bonds. The van der Waals surface area contributed by atoms with Crippen molar-refractivity contribution in [1.82, 2.24) is 10.2 Å². The van der Waals surface area contributed by atoms with Crippen molar-refractivity contribution in [3.63, 3.8) is 0 Å². The Labute approximate surface area is 274 Å². The van der Waals surface area contributed by atoms with Crippen LogP contribution in [0.2, 0.25) is 0 Å². The third kappa shape index (κ3) is 8.41. The van der Waals surface area contributed by atoms with Gasteiger partial charge >= 0.3 is 0 Å². The number of nitrogens with zero attached hydrogens (tertiary/aromatic N) is 2. The summed E-state index contributed by atoms with van der Waals surface area (Å²) in [5, 5.41) is 3.20. The van der Waals surface area contributed by atoms with Gasteiger partial charge in [-0.2, -0.15) is 0 Å². The Kier molecular flexibility index (Phi) is 10.7. The molecule has 1 fully saturated rings. The van der Waals surface area contributed by atoms with Crippen molar-refractivity contribution in [3.05, 3.63) is 130 Å². The van der Waals surface area contributed by atoms with Crippen molar-refractivity contribution in [3.8, 4) is 0 Å². The number of benzene rings is 4. The van der Waals surface area contributed by atoms with E-state index in [1.165, 1.54) is 12.1 Å². The molecule has 45 heavy (non-hydrogen) atoms. The first-order valence-electron chi connectivity index (χ1n) is 15.2. The van der Waals surface area contributed by atoms with Crippen LogP contribution in [0.25, 0.3) is 0 Å². The summed E-state index contributed by atoms with van der Waals surface area (Å²) in [6.07, 6.45) is 4.21. The van der Waals surface area contributed by atoms with E-state index < -0.39 is 28.5 Å². The van der Waals surface area contributed by atoms with Crippen LogP contribution >= 0.6 is 15.9 Å². The average Bonchev–Trinajstić information content (AvgIpc) is 3.57. The van der Waals surface area contributed by atoms with E-state index in [0.29, 0.717) is 5.69 Å². The molecule has 4 aromatic carbocycles. The summed E-state index contributed by atoms with van der Waals surface area (Å²) in [6, 6.07) is 31.6. The fourth-order valence-electron chi connectivity index (χ4n) is 5.67. The number of hydrogen-bond acceptors (Lipinski definition) is 4. The standard InChI is InChI=1S/C36H38BrN3O4S/c1-27-16-22-32(23-17-27)40(45(43,44)33-14-6-3-7-15-33)26-35(41)39(25-29-18-20-30(37)21-19-29)34(24-28-10-4-2-5-11-28)36(42)38-31-12-8-9-13-31/h2-7,10-11,14-23,31,34H,8-9,12-13,24-26H2,1H3,(H,38,42). The van der Waals surface area contributed by atoms with Gasteiger partial charge in [0.2, 0.25) is 11.8 Å². The van der Waals surface area contributed by atoms with Gasteiger partial charge in [-0.15, -0.1) is 0 Å². The fourth-order valence-corrected chi connectivity index (χ4v) is 7.37. The van der Waals surface area contributed by atoms with Gasteiger partial charge < -0.3 is 10.2 Å². The van der Waals surface area contributed by atoms with Crippen LogP contribution in [0.5, 0.6) is 0 Å². The molecule has 0 saturated heterocycles. The second-order valence-electron chi connectivity index (χ2n) is 11.5. The van der Waals surface area contributed by atoms with E-state index in [9.17, 15) is 18.0 Å². The van der Waals surface area contributed by atoms with E-state index in [2.05, 4.69) is 21.2 Å². The highest BCUT2D eigenvalue weighted by Gasteiger charge is 2.35. The smallest absolute Gasteiger partial charge is 0.264 e. The minimum atomic E-state index is -4.12. The second kappa shape index (κ2) is 14.9. The highest BCUT2D eigenvalue weighted by molar-refractivity contribution is 9.10. The number of sulfonamides is 1. The topological polar surface area (TPSA) is 86.8 Å². The van der Waals surface area contributed by atoms with Crippen molar-refractivity contribution in [2.24, 2.45) is 0 Å². The lowest BCUT2D eigenvalue weighted by Gasteiger charge is -2.34. The molecule has 1 atom stereocenters. The molecule has 1 saturated carbocycles. The predicted molar refractivity (Wildman–Crippen MR) is 181 cm³/mol. The Balaban J connectivity index is 1.55. The maximum atomic E-state index is 14.5. The number of hydrogen-bond donors (Lipinski definition) is 1. The third-order valence-corrected chi connectivity index (χ3v) is 10.5. The number of anilines is 1. The summed E-state index contributed by atoms with van der Waals surface area (Å²) in [5.41, 5.74) is 3.07. The van der Waals surface area contributed by atoms with Gasteiger partial charge in [-0.05, 0) is 67.3 Å². The predicted octanol–water partition coefficient (Wildman–Crippen LogP) is 6.65. The quantitative estimate of drug-likeness (QED) is 0.181. The summed E-state index contributed by atoms with van der Waals surface area (Å²) >= 11 is 3.48. The maximum Gasteiger partial charge on any atom is 0.264 e. The molecular weight excluding hydrogens is 650 g/mol. The number of carbonyl (C=O) groups is 2. The molecule has 9 heteroatoms. The molecule has 0 aromatic heterocycles. The van der Waals surface area contributed by atoms with E-state index in [1.807, 2.05) is 73.7 Å². The maximum absolute atomic E-state index is 14.5. The van der Waals surface area contributed by atoms with Crippen molar-refractivity contribution < 1.29 is 18.0 Å². The molecule has 0 spiro atoms. The third-order valence-electron chi connectivity index (χ3n) is 8.17. The zero-order valence-corrected chi connectivity index (χ0v) is 27.7. The lowest BCUT2D eigenvalue weighted by Crippen LogP contribution is -2.54. The van der Waals surface area contributed by atoms with Gasteiger partial charge in [0.15, 0.2) is 0 Å². The van der Waals surface area contributed by atoms with E-state index in [0.717, 1.165) is 51.2 Å². The number of amides is 2. The first-order chi connectivity index (χ1) is 21.7.